The van der Waals surface area contributed by atoms with Gasteiger partial charge in [-0.25, -0.2) is 4.68 Å². The smallest absolute Gasteiger partial charge is 0.304 e. The van der Waals surface area contributed by atoms with Crippen molar-refractivity contribution in [3.63, 3.8) is 0 Å². The van der Waals surface area contributed by atoms with Crippen molar-refractivity contribution in [3.05, 3.63) is 87.4 Å². The van der Waals surface area contributed by atoms with Gasteiger partial charge in [-0.2, -0.15) is 0 Å². The third-order valence-electron chi connectivity index (χ3n) is 7.46. The van der Waals surface area contributed by atoms with Crippen LogP contribution in [0.25, 0.3) is 11.0 Å². The number of aryl methyl sites for hydroxylation is 2. The van der Waals surface area contributed by atoms with Gasteiger partial charge in [0.1, 0.15) is 17.4 Å². The molecule has 38 heavy (non-hydrogen) atoms. The van der Waals surface area contributed by atoms with Crippen molar-refractivity contribution >= 4 is 28.6 Å². The summed E-state index contributed by atoms with van der Waals surface area (Å²) in [7, 11) is 0. The van der Waals surface area contributed by atoms with E-state index in [4.69, 9.17) is 16.3 Å². The van der Waals surface area contributed by atoms with E-state index in [9.17, 15) is 9.90 Å². The summed E-state index contributed by atoms with van der Waals surface area (Å²) in [6, 6.07) is 18.3. The summed E-state index contributed by atoms with van der Waals surface area (Å²) in [6.45, 7) is 9.29. The van der Waals surface area contributed by atoms with Crippen LogP contribution in [0.4, 0.5) is 0 Å². The maximum absolute atomic E-state index is 12.0. The SMILES string of the molecule is CC[C@@H]1CN(Cc2cc([C@@H](CC(=O)O)c3ccc4c(nnn4CC)c3Cl)ccc2C)Cc2ccccc2O1. The Bertz CT molecular complexity index is 1470. The average Bonchev–Trinajstić information content (AvgIpc) is 3.24. The molecule has 7 nitrogen and oxygen atoms in total. The van der Waals surface area contributed by atoms with Crippen LogP contribution in [-0.4, -0.2) is 43.6 Å². The highest BCUT2D eigenvalue weighted by molar-refractivity contribution is 6.35. The van der Waals surface area contributed by atoms with Crippen LogP contribution in [-0.2, 0) is 24.4 Å². The first-order chi connectivity index (χ1) is 18.4. The molecule has 0 aliphatic carbocycles. The third-order valence-corrected chi connectivity index (χ3v) is 7.85. The van der Waals surface area contributed by atoms with Gasteiger partial charge in [0.05, 0.1) is 17.0 Å². The molecule has 5 rings (SSSR count). The van der Waals surface area contributed by atoms with Crippen molar-refractivity contribution in [3.8, 4) is 5.75 Å². The first kappa shape index (κ1) is 26.2. The second kappa shape index (κ2) is 11.1. The van der Waals surface area contributed by atoms with Crippen LogP contribution in [0.3, 0.4) is 0 Å². The number of ether oxygens (including phenoxy) is 1. The monoisotopic (exact) mass is 532 g/mol. The number of rotatable bonds is 8. The topological polar surface area (TPSA) is 80.5 Å². The molecule has 4 aromatic rings. The molecule has 8 heteroatoms. The number of aliphatic carboxylic acids is 1. The highest BCUT2D eigenvalue weighted by atomic mass is 35.5. The van der Waals surface area contributed by atoms with Gasteiger partial charge in [-0.3, -0.25) is 9.69 Å². The number of hydrogen-bond donors (Lipinski definition) is 1. The molecule has 1 aromatic heterocycles. The molecule has 0 bridgehead atoms. The normalized spacial score (nSPS) is 16.6. The Labute approximate surface area is 228 Å². The number of carboxylic acids is 1. The number of halogens is 1. The largest absolute Gasteiger partial charge is 0.489 e. The second-order valence-electron chi connectivity index (χ2n) is 10.0. The molecule has 0 radical (unpaired) electrons. The highest BCUT2D eigenvalue weighted by Gasteiger charge is 2.25. The summed E-state index contributed by atoms with van der Waals surface area (Å²) in [6.07, 6.45) is 0.969. The molecule has 0 spiro atoms. The summed E-state index contributed by atoms with van der Waals surface area (Å²) in [4.78, 5) is 14.4. The Morgan fingerprint density at radius 2 is 2.00 bits per heavy atom. The predicted octanol–water partition coefficient (Wildman–Crippen LogP) is 6.19. The molecule has 198 valence electrons. The van der Waals surface area contributed by atoms with Crippen LogP contribution < -0.4 is 4.74 Å². The zero-order valence-corrected chi connectivity index (χ0v) is 22.8. The zero-order chi connectivity index (χ0) is 26.8. The van der Waals surface area contributed by atoms with Crippen LogP contribution in [0.2, 0.25) is 5.02 Å². The van der Waals surface area contributed by atoms with E-state index in [0.29, 0.717) is 17.1 Å². The van der Waals surface area contributed by atoms with Gasteiger partial charge in [0.15, 0.2) is 0 Å². The quantitative estimate of drug-likeness (QED) is 0.291. The van der Waals surface area contributed by atoms with E-state index >= 15 is 0 Å². The van der Waals surface area contributed by atoms with Crippen molar-refractivity contribution in [2.24, 2.45) is 0 Å². The molecular formula is C30H33ClN4O3. The van der Waals surface area contributed by atoms with Crippen molar-refractivity contribution in [1.82, 2.24) is 19.9 Å². The molecule has 0 fully saturated rings. The van der Waals surface area contributed by atoms with E-state index in [1.54, 1.807) is 4.68 Å². The molecule has 3 aromatic carbocycles. The fourth-order valence-corrected chi connectivity index (χ4v) is 5.65. The Morgan fingerprint density at radius 1 is 1.18 bits per heavy atom. The lowest BCUT2D eigenvalue weighted by molar-refractivity contribution is -0.137. The molecule has 2 heterocycles. The number of hydrogen-bond acceptors (Lipinski definition) is 5. The van der Waals surface area contributed by atoms with E-state index < -0.39 is 11.9 Å². The summed E-state index contributed by atoms with van der Waals surface area (Å²) in [5, 5.41) is 18.7. The van der Waals surface area contributed by atoms with Crippen LogP contribution in [0.15, 0.2) is 54.6 Å². The molecule has 0 saturated heterocycles. The van der Waals surface area contributed by atoms with Crippen molar-refractivity contribution in [2.75, 3.05) is 6.54 Å². The number of para-hydroxylation sites is 1. The highest BCUT2D eigenvalue weighted by Crippen LogP contribution is 2.37. The summed E-state index contributed by atoms with van der Waals surface area (Å²) in [5.41, 5.74) is 6.64. The van der Waals surface area contributed by atoms with Crippen LogP contribution in [0.5, 0.6) is 5.75 Å². The summed E-state index contributed by atoms with van der Waals surface area (Å²) in [5.74, 6) is -0.330. The minimum Gasteiger partial charge on any atom is -0.489 e. The molecular weight excluding hydrogens is 500 g/mol. The van der Waals surface area contributed by atoms with E-state index in [1.807, 2.05) is 37.3 Å². The second-order valence-corrected chi connectivity index (χ2v) is 10.4. The van der Waals surface area contributed by atoms with Gasteiger partial charge in [-0.15, -0.1) is 5.10 Å². The van der Waals surface area contributed by atoms with E-state index in [2.05, 4.69) is 53.3 Å². The van der Waals surface area contributed by atoms with Crippen molar-refractivity contribution in [2.45, 2.75) is 65.3 Å². The molecule has 1 N–H and O–H groups in total. The Kier molecular flexibility index (Phi) is 7.68. The Hall–Kier alpha value is -3.42. The molecule has 0 unspecified atom stereocenters. The average molecular weight is 533 g/mol. The first-order valence-electron chi connectivity index (χ1n) is 13.2. The molecule has 0 saturated carbocycles. The van der Waals surface area contributed by atoms with Gasteiger partial charge in [0.2, 0.25) is 0 Å². The van der Waals surface area contributed by atoms with Gasteiger partial charge in [-0.05, 0) is 54.7 Å². The lowest BCUT2D eigenvalue weighted by Crippen LogP contribution is -2.32. The lowest BCUT2D eigenvalue weighted by atomic mass is 9.86. The number of carboxylic acid groups (broad SMARTS) is 1. The van der Waals surface area contributed by atoms with Gasteiger partial charge in [-0.1, -0.05) is 66.2 Å². The first-order valence-corrected chi connectivity index (χ1v) is 13.5. The van der Waals surface area contributed by atoms with Gasteiger partial charge in [0.25, 0.3) is 0 Å². The maximum Gasteiger partial charge on any atom is 0.304 e. The van der Waals surface area contributed by atoms with Gasteiger partial charge in [0, 0.05) is 37.7 Å². The van der Waals surface area contributed by atoms with Crippen molar-refractivity contribution < 1.29 is 14.6 Å². The molecule has 0 amide bonds. The van der Waals surface area contributed by atoms with Gasteiger partial charge >= 0.3 is 5.97 Å². The number of nitrogens with zero attached hydrogens (tertiary/aromatic N) is 4. The summed E-state index contributed by atoms with van der Waals surface area (Å²) < 4.78 is 8.08. The summed E-state index contributed by atoms with van der Waals surface area (Å²) >= 11 is 6.83. The fraction of sp³-hybridized carbons (Fsp3) is 0.367. The lowest BCUT2D eigenvalue weighted by Gasteiger charge is -2.25. The van der Waals surface area contributed by atoms with E-state index in [0.717, 1.165) is 48.4 Å². The van der Waals surface area contributed by atoms with E-state index in [1.165, 1.54) is 16.7 Å². The number of benzene rings is 3. The third kappa shape index (κ3) is 5.26. The van der Waals surface area contributed by atoms with Crippen molar-refractivity contribution in [1.29, 1.82) is 0 Å². The number of fused-ring (bicyclic) bond motifs is 2. The fourth-order valence-electron chi connectivity index (χ4n) is 5.32. The number of aromatic nitrogens is 3. The minimum absolute atomic E-state index is 0.0710. The Morgan fingerprint density at radius 3 is 2.76 bits per heavy atom. The zero-order valence-electron chi connectivity index (χ0n) is 22.0. The van der Waals surface area contributed by atoms with Gasteiger partial charge < -0.3 is 9.84 Å². The van der Waals surface area contributed by atoms with Crippen LogP contribution in [0, 0.1) is 6.92 Å². The molecule has 2 atom stereocenters. The Balaban J connectivity index is 1.50. The minimum atomic E-state index is -0.877. The predicted molar refractivity (Wildman–Crippen MR) is 149 cm³/mol. The van der Waals surface area contributed by atoms with Crippen LogP contribution >= 0.6 is 11.6 Å². The number of carbonyl (C=O) groups is 1. The molecule has 1 aliphatic rings. The standard InChI is InChI=1S/C30H33ClN4O3/c1-4-23-18-34(16-21-8-6-7-9-27(21)38-23)17-22-14-20(11-10-19(22)3)25(15-28(36)37)24-12-13-26-30(29(24)31)32-33-35(26)5-2/h6-14,23,25H,4-5,15-18H2,1-3H3,(H,36,37)/t23-,25-/m1/s1. The van der Waals surface area contributed by atoms with E-state index in [-0.39, 0.29) is 12.5 Å². The maximum atomic E-state index is 12.0. The van der Waals surface area contributed by atoms with Crippen LogP contribution in [0.1, 0.15) is 60.4 Å². The molecule has 1 aliphatic heterocycles.